The summed E-state index contributed by atoms with van der Waals surface area (Å²) in [5, 5.41) is 0. The van der Waals surface area contributed by atoms with Gasteiger partial charge in [-0.15, -0.1) is 0 Å². The van der Waals surface area contributed by atoms with Crippen molar-refractivity contribution in [2.75, 3.05) is 19.6 Å². The highest BCUT2D eigenvalue weighted by atomic mass is 16.5. The molecule has 1 aromatic rings. The van der Waals surface area contributed by atoms with Crippen molar-refractivity contribution < 1.29 is 9.53 Å². The Morgan fingerprint density at radius 3 is 2.40 bits per heavy atom. The smallest absolute Gasteiger partial charge is 0.243 e. The van der Waals surface area contributed by atoms with E-state index in [2.05, 4.69) is 4.90 Å². The van der Waals surface area contributed by atoms with Crippen LogP contribution in [0.25, 0.3) is 0 Å². The summed E-state index contributed by atoms with van der Waals surface area (Å²) in [5.41, 5.74) is 11.6. The Hall–Kier alpha value is -1.43. The van der Waals surface area contributed by atoms with Gasteiger partial charge in [0, 0.05) is 19.6 Å². The van der Waals surface area contributed by atoms with Crippen molar-refractivity contribution in [1.29, 1.82) is 0 Å². The van der Waals surface area contributed by atoms with Crippen LogP contribution in [0, 0.1) is 0 Å². The number of carbonyl (C=O) groups is 1. The van der Waals surface area contributed by atoms with Crippen LogP contribution in [0.4, 0.5) is 0 Å². The van der Waals surface area contributed by atoms with Gasteiger partial charge in [0.25, 0.3) is 0 Å². The van der Waals surface area contributed by atoms with Gasteiger partial charge in [-0.2, -0.15) is 0 Å². The number of ether oxygens (including phenoxy) is 1. The first-order chi connectivity index (χ1) is 9.58. The number of rotatable bonds is 4. The number of hydrogen-bond donors (Lipinski definition) is 2. The molecule has 0 aromatic heterocycles. The summed E-state index contributed by atoms with van der Waals surface area (Å²) in [6.07, 6.45) is 2.75. The largest absolute Gasteiger partial charge is 0.372 e. The van der Waals surface area contributed by atoms with Crippen molar-refractivity contribution in [3.63, 3.8) is 0 Å². The number of primary amides is 1. The van der Waals surface area contributed by atoms with E-state index in [9.17, 15) is 4.79 Å². The molecule has 5 nitrogen and oxygen atoms in total. The highest BCUT2D eigenvalue weighted by Crippen LogP contribution is 2.28. The quantitative estimate of drug-likeness (QED) is 0.822. The average Bonchev–Trinajstić information content (AvgIpc) is 2.78. The SMILES string of the molecule is NC(=O)C(N)(CN1CC2CCC(C1)O2)c1ccccc1. The maximum absolute atomic E-state index is 11.9. The molecular weight excluding hydrogens is 254 g/mol. The van der Waals surface area contributed by atoms with Gasteiger partial charge in [-0.25, -0.2) is 0 Å². The van der Waals surface area contributed by atoms with E-state index >= 15 is 0 Å². The van der Waals surface area contributed by atoms with Crippen molar-refractivity contribution >= 4 is 5.91 Å². The summed E-state index contributed by atoms with van der Waals surface area (Å²) in [5.74, 6) is -0.484. The van der Waals surface area contributed by atoms with Crippen LogP contribution in [0.15, 0.2) is 30.3 Å². The monoisotopic (exact) mass is 275 g/mol. The molecular formula is C15H21N3O2. The Morgan fingerprint density at radius 2 is 1.85 bits per heavy atom. The molecule has 1 amide bonds. The first kappa shape index (κ1) is 13.5. The molecule has 2 saturated heterocycles. The predicted octanol–water partition coefficient (Wildman–Crippen LogP) is 0.189. The number of amides is 1. The van der Waals surface area contributed by atoms with Crippen LogP contribution in [0.5, 0.6) is 0 Å². The van der Waals surface area contributed by atoms with E-state index < -0.39 is 11.4 Å². The third kappa shape index (κ3) is 2.44. The molecule has 3 rings (SSSR count). The maximum Gasteiger partial charge on any atom is 0.243 e. The molecule has 3 unspecified atom stereocenters. The lowest BCUT2D eigenvalue weighted by atomic mass is 9.89. The van der Waals surface area contributed by atoms with Gasteiger partial charge < -0.3 is 16.2 Å². The van der Waals surface area contributed by atoms with E-state index in [1.54, 1.807) is 0 Å². The Kier molecular flexibility index (Phi) is 3.50. The molecule has 0 radical (unpaired) electrons. The van der Waals surface area contributed by atoms with Crippen LogP contribution in [-0.2, 0) is 15.1 Å². The average molecular weight is 275 g/mol. The number of carbonyl (C=O) groups excluding carboxylic acids is 1. The number of nitrogens with zero attached hydrogens (tertiary/aromatic N) is 1. The zero-order chi connectivity index (χ0) is 14.2. The number of morpholine rings is 1. The lowest BCUT2D eigenvalue weighted by Crippen LogP contribution is -2.58. The summed E-state index contributed by atoms with van der Waals surface area (Å²) in [6, 6.07) is 9.38. The summed E-state index contributed by atoms with van der Waals surface area (Å²) in [7, 11) is 0. The van der Waals surface area contributed by atoms with Crippen molar-refractivity contribution in [2.45, 2.75) is 30.6 Å². The zero-order valence-corrected chi connectivity index (χ0v) is 11.5. The van der Waals surface area contributed by atoms with Gasteiger partial charge >= 0.3 is 0 Å². The Labute approximate surface area is 118 Å². The molecule has 0 saturated carbocycles. The molecule has 2 aliphatic rings. The number of hydrogen-bond acceptors (Lipinski definition) is 4. The van der Waals surface area contributed by atoms with E-state index in [1.807, 2.05) is 30.3 Å². The summed E-state index contributed by atoms with van der Waals surface area (Å²) in [6.45, 7) is 2.10. The van der Waals surface area contributed by atoms with Gasteiger partial charge in [-0.05, 0) is 18.4 Å². The van der Waals surface area contributed by atoms with Crippen LogP contribution in [0.1, 0.15) is 18.4 Å². The third-order valence-electron chi connectivity index (χ3n) is 4.32. The van der Waals surface area contributed by atoms with Gasteiger partial charge in [-0.1, -0.05) is 30.3 Å². The second-order valence-electron chi connectivity index (χ2n) is 5.85. The lowest BCUT2D eigenvalue weighted by Gasteiger charge is -2.37. The minimum Gasteiger partial charge on any atom is -0.372 e. The second kappa shape index (κ2) is 5.16. The minimum absolute atomic E-state index is 0.279. The Morgan fingerprint density at radius 1 is 1.25 bits per heavy atom. The molecule has 0 aliphatic carbocycles. The Bertz CT molecular complexity index is 481. The van der Waals surface area contributed by atoms with Gasteiger partial charge in [0.15, 0.2) is 0 Å². The molecule has 108 valence electrons. The molecule has 2 fully saturated rings. The van der Waals surface area contributed by atoms with Crippen LogP contribution in [0.2, 0.25) is 0 Å². The third-order valence-corrected chi connectivity index (χ3v) is 4.32. The number of likely N-dealkylation sites (tertiary alicyclic amines) is 1. The fraction of sp³-hybridized carbons (Fsp3) is 0.533. The summed E-state index contributed by atoms with van der Waals surface area (Å²) in [4.78, 5) is 14.1. The highest BCUT2D eigenvalue weighted by Gasteiger charge is 2.40. The molecule has 2 aliphatic heterocycles. The Balaban J connectivity index is 1.79. The first-order valence-corrected chi connectivity index (χ1v) is 7.10. The van der Waals surface area contributed by atoms with Crippen LogP contribution >= 0.6 is 0 Å². The van der Waals surface area contributed by atoms with Gasteiger partial charge in [-0.3, -0.25) is 9.69 Å². The molecule has 20 heavy (non-hydrogen) atoms. The van der Waals surface area contributed by atoms with Crippen molar-refractivity contribution in [2.24, 2.45) is 11.5 Å². The number of fused-ring (bicyclic) bond motifs is 2. The van der Waals surface area contributed by atoms with E-state index in [0.29, 0.717) is 6.54 Å². The predicted molar refractivity (Wildman–Crippen MR) is 75.8 cm³/mol. The standard InChI is InChI=1S/C15H21N3O2/c16-14(19)15(17,11-4-2-1-3-5-11)10-18-8-12-6-7-13(9-18)20-12/h1-5,12-13H,6-10,17H2,(H2,16,19). The number of benzene rings is 1. The van der Waals surface area contributed by atoms with Crippen LogP contribution in [-0.4, -0.2) is 42.6 Å². The molecule has 4 N–H and O–H groups in total. The van der Waals surface area contributed by atoms with Crippen molar-refractivity contribution in [3.05, 3.63) is 35.9 Å². The van der Waals surface area contributed by atoms with E-state index in [1.165, 1.54) is 0 Å². The minimum atomic E-state index is -1.14. The first-order valence-electron chi connectivity index (χ1n) is 7.10. The van der Waals surface area contributed by atoms with Gasteiger partial charge in [0.2, 0.25) is 5.91 Å². The second-order valence-corrected chi connectivity index (χ2v) is 5.85. The van der Waals surface area contributed by atoms with Gasteiger partial charge in [0.1, 0.15) is 5.54 Å². The van der Waals surface area contributed by atoms with Crippen LogP contribution in [0.3, 0.4) is 0 Å². The topological polar surface area (TPSA) is 81.6 Å². The van der Waals surface area contributed by atoms with Crippen molar-refractivity contribution in [3.8, 4) is 0 Å². The highest BCUT2D eigenvalue weighted by molar-refractivity contribution is 5.86. The lowest BCUT2D eigenvalue weighted by molar-refractivity contribution is -0.125. The van der Waals surface area contributed by atoms with Crippen LogP contribution < -0.4 is 11.5 Å². The molecule has 0 spiro atoms. The number of nitrogens with two attached hydrogens (primary N) is 2. The van der Waals surface area contributed by atoms with Crippen molar-refractivity contribution in [1.82, 2.24) is 4.90 Å². The maximum atomic E-state index is 11.9. The molecule has 2 bridgehead atoms. The molecule has 5 heteroatoms. The molecule has 1 aromatic carbocycles. The van der Waals surface area contributed by atoms with E-state index in [0.717, 1.165) is 31.5 Å². The zero-order valence-electron chi connectivity index (χ0n) is 11.5. The fourth-order valence-electron chi connectivity index (χ4n) is 3.23. The van der Waals surface area contributed by atoms with E-state index in [-0.39, 0.29) is 12.2 Å². The summed E-state index contributed by atoms with van der Waals surface area (Å²) < 4.78 is 5.81. The molecule has 2 heterocycles. The summed E-state index contributed by atoms with van der Waals surface area (Å²) >= 11 is 0. The molecule has 3 atom stereocenters. The van der Waals surface area contributed by atoms with Gasteiger partial charge in [0.05, 0.1) is 12.2 Å². The van der Waals surface area contributed by atoms with E-state index in [4.69, 9.17) is 16.2 Å². The normalized spacial score (nSPS) is 29.1. The fourth-order valence-corrected chi connectivity index (χ4v) is 3.23.